The maximum absolute atomic E-state index is 12.1. The van der Waals surface area contributed by atoms with E-state index in [1.165, 1.54) is 17.7 Å². The number of aryl methyl sites for hydroxylation is 1. The highest BCUT2D eigenvalue weighted by Gasteiger charge is 2.10. The van der Waals surface area contributed by atoms with Gasteiger partial charge in [-0.15, -0.1) is 0 Å². The molecule has 0 unspecified atom stereocenters. The van der Waals surface area contributed by atoms with Crippen LogP contribution in [0, 0.1) is 6.92 Å². The number of methoxy groups -OCH3 is 1. The van der Waals surface area contributed by atoms with E-state index in [2.05, 4.69) is 5.32 Å². The van der Waals surface area contributed by atoms with Crippen LogP contribution in [-0.2, 0) is 11.3 Å². The van der Waals surface area contributed by atoms with E-state index in [1.54, 1.807) is 37.3 Å². The van der Waals surface area contributed by atoms with Crippen molar-refractivity contribution >= 4 is 23.2 Å². The number of ether oxygens (including phenoxy) is 1. The van der Waals surface area contributed by atoms with Crippen molar-refractivity contribution in [3.63, 3.8) is 0 Å². The van der Waals surface area contributed by atoms with Crippen LogP contribution in [-0.4, -0.2) is 17.6 Å². The van der Waals surface area contributed by atoms with Gasteiger partial charge in [-0.2, -0.15) is 0 Å². The third kappa shape index (κ3) is 3.64. The molecule has 2 rings (SSSR count). The summed E-state index contributed by atoms with van der Waals surface area (Å²) < 4.78 is 6.55. The number of pyridine rings is 1. The quantitative estimate of drug-likeness (QED) is 0.944. The van der Waals surface area contributed by atoms with Crippen LogP contribution in [0.4, 0.5) is 5.69 Å². The standard InChI is InChI=1S/C15H15ClN2O3/c1-10-4-3-5-15(20)18(10)9-14(19)17-12-8-11(16)6-7-13(12)21-2/h3-8H,9H2,1-2H3,(H,17,19). The van der Waals surface area contributed by atoms with Gasteiger partial charge in [-0.25, -0.2) is 0 Å². The monoisotopic (exact) mass is 306 g/mol. The molecule has 6 heteroatoms. The van der Waals surface area contributed by atoms with E-state index < -0.39 is 0 Å². The fourth-order valence-corrected chi connectivity index (χ4v) is 2.11. The van der Waals surface area contributed by atoms with Gasteiger partial charge in [0.2, 0.25) is 5.91 Å². The zero-order valence-corrected chi connectivity index (χ0v) is 12.5. The summed E-state index contributed by atoms with van der Waals surface area (Å²) in [6.07, 6.45) is 0. The zero-order chi connectivity index (χ0) is 15.4. The summed E-state index contributed by atoms with van der Waals surface area (Å²) in [6, 6.07) is 9.78. The molecule has 0 radical (unpaired) electrons. The highest BCUT2D eigenvalue weighted by atomic mass is 35.5. The van der Waals surface area contributed by atoms with E-state index in [-0.39, 0.29) is 18.0 Å². The summed E-state index contributed by atoms with van der Waals surface area (Å²) in [5.41, 5.74) is 0.968. The first kappa shape index (κ1) is 15.1. The lowest BCUT2D eigenvalue weighted by Gasteiger charge is -2.12. The van der Waals surface area contributed by atoms with Crippen molar-refractivity contribution in [1.29, 1.82) is 0 Å². The Morgan fingerprint density at radius 2 is 2.10 bits per heavy atom. The van der Waals surface area contributed by atoms with Gasteiger partial charge < -0.3 is 14.6 Å². The number of carbonyl (C=O) groups is 1. The first-order chi connectivity index (χ1) is 10.0. The minimum atomic E-state index is -0.327. The Hall–Kier alpha value is -2.27. The summed E-state index contributed by atoms with van der Waals surface area (Å²) in [5.74, 6) is 0.178. The van der Waals surface area contributed by atoms with Gasteiger partial charge in [0.15, 0.2) is 0 Å². The van der Waals surface area contributed by atoms with Gasteiger partial charge in [-0.3, -0.25) is 9.59 Å². The molecule has 0 fully saturated rings. The van der Waals surface area contributed by atoms with Crippen molar-refractivity contribution in [3.8, 4) is 5.75 Å². The van der Waals surface area contributed by atoms with Crippen molar-refractivity contribution in [2.24, 2.45) is 0 Å². The van der Waals surface area contributed by atoms with Crippen LogP contribution in [0.3, 0.4) is 0 Å². The lowest BCUT2D eigenvalue weighted by molar-refractivity contribution is -0.116. The average Bonchev–Trinajstić information content (AvgIpc) is 2.43. The Balaban J connectivity index is 2.19. The Bertz CT molecular complexity index is 725. The SMILES string of the molecule is COc1ccc(Cl)cc1NC(=O)Cn1c(C)cccc1=O. The topological polar surface area (TPSA) is 60.3 Å². The van der Waals surface area contributed by atoms with E-state index in [1.807, 2.05) is 0 Å². The molecule has 1 N–H and O–H groups in total. The maximum atomic E-state index is 12.1. The molecular formula is C15H15ClN2O3. The normalized spacial score (nSPS) is 10.2. The van der Waals surface area contributed by atoms with Gasteiger partial charge in [-0.05, 0) is 31.2 Å². The molecule has 21 heavy (non-hydrogen) atoms. The number of amides is 1. The minimum Gasteiger partial charge on any atom is -0.495 e. The number of aromatic nitrogens is 1. The minimum absolute atomic E-state index is 0.0683. The second-order valence-electron chi connectivity index (χ2n) is 4.48. The Morgan fingerprint density at radius 1 is 1.33 bits per heavy atom. The van der Waals surface area contributed by atoms with Crippen LogP contribution in [0.2, 0.25) is 5.02 Å². The largest absolute Gasteiger partial charge is 0.495 e. The number of hydrogen-bond donors (Lipinski definition) is 1. The first-order valence-corrected chi connectivity index (χ1v) is 6.69. The molecule has 5 nitrogen and oxygen atoms in total. The highest BCUT2D eigenvalue weighted by Crippen LogP contribution is 2.27. The maximum Gasteiger partial charge on any atom is 0.251 e. The van der Waals surface area contributed by atoms with Crippen LogP contribution < -0.4 is 15.6 Å². The van der Waals surface area contributed by atoms with Crippen LogP contribution in [0.1, 0.15) is 5.69 Å². The van der Waals surface area contributed by atoms with Gasteiger partial charge in [0.05, 0.1) is 12.8 Å². The molecule has 110 valence electrons. The molecule has 0 spiro atoms. The van der Waals surface area contributed by atoms with Crippen LogP contribution in [0.5, 0.6) is 5.75 Å². The Morgan fingerprint density at radius 3 is 2.76 bits per heavy atom. The van der Waals surface area contributed by atoms with Crippen LogP contribution in [0.15, 0.2) is 41.2 Å². The molecule has 0 saturated heterocycles. The molecule has 2 aromatic rings. The number of halogens is 1. The van der Waals surface area contributed by atoms with Crippen molar-refractivity contribution in [3.05, 3.63) is 57.5 Å². The lowest BCUT2D eigenvalue weighted by Crippen LogP contribution is -2.28. The summed E-state index contributed by atoms with van der Waals surface area (Å²) in [5, 5.41) is 3.18. The number of benzene rings is 1. The molecular weight excluding hydrogens is 292 g/mol. The summed E-state index contributed by atoms with van der Waals surface area (Å²) in [6.45, 7) is 1.70. The fourth-order valence-electron chi connectivity index (χ4n) is 1.94. The number of carbonyl (C=O) groups excluding carboxylic acids is 1. The van der Waals surface area contributed by atoms with E-state index in [4.69, 9.17) is 16.3 Å². The molecule has 0 aliphatic rings. The van der Waals surface area contributed by atoms with Gasteiger partial charge in [0.25, 0.3) is 5.56 Å². The van der Waals surface area contributed by atoms with Gasteiger partial charge in [-0.1, -0.05) is 17.7 Å². The van der Waals surface area contributed by atoms with E-state index in [0.29, 0.717) is 16.5 Å². The second kappa shape index (κ2) is 6.45. The molecule has 1 heterocycles. The highest BCUT2D eigenvalue weighted by molar-refractivity contribution is 6.31. The number of nitrogens with zero attached hydrogens (tertiary/aromatic N) is 1. The first-order valence-electron chi connectivity index (χ1n) is 6.31. The number of anilines is 1. The van der Waals surface area contributed by atoms with Crippen molar-refractivity contribution in [1.82, 2.24) is 4.57 Å². The van der Waals surface area contributed by atoms with E-state index in [9.17, 15) is 9.59 Å². The van der Waals surface area contributed by atoms with Crippen molar-refractivity contribution < 1.29 is 9.53 Å². The second-order valence-corrected chi connectivity index (χ2v) is 4.92. The smallest absolute Gasteiger partial charge is 0.251 e. The molecule has 0 aliphatic heterocycles. The molecule has 1 aromatic heterocycles. The predicted molar refractivity (Wildman–Crippen MR) is 82.1 cm³/mol. The van der Waals surface area contributed by atoms with Crippen molar-refractivity contribution in [2.45, 2.75) is 13.5 Å². The van der Waals surface area contributed by atoms with Gasteiger partial charge in [0.1, 0.15) is 12.3 Å². The third-order valence-electron chi connectivity index (χ3n) is 3.01. The van der Waals surface area contributed by atoms with E-state index in [0.717, 1.165) is 5.69 Å². The lowest BCUT2D eigenvalue weighted by atomic mass is 10.3. The van der Waals surface area contributed by atoms with Crippen LogP contribution in [0.25, 0.3) is 0 Å². The van der Waals surface area contributed by atoms with Gasteiger partial charge >= 0.3 is 0 Å². The zero-order valence-electron chi connectivity index (χ0n) is 11.7. The summed E-state index contributed by atoms with van der Waals surface area (Å²) in [7, 11) is 1.50. The molecule has 0 saturated carbocycles. The number of nitrogens with one attached hydrogen (secondary N) is 1. The molecule has 0 aliphatic carbocycles. The Kier molecular flexibility index (Phi) is 4.65. The fraction of sp³-hybridized carbons (Fsp3) is 0.200. The third-order valence-corrected chi connectivity index (χ3v) is 3.24. The van der Waals surface area contributed by atoms with Crippen LogP contribution >= 0.6 is 11.6 Å². The predicted octanol–water partition coefficient (Wildman–Crippen LogP) is 2.46. The molecule has 1 amide bonds. The summed E-state index contributed by atoms with van der Waals surface area (Å²) >= 11 is 5.91. The molecule has 0 atom stereocenters. The van der Waals surface area contributed by atoms with Crippen molar-refractivity contribution in [2.75, 3.05) is 12.4 Å². The van der Waals surface area contributed by atoms with E-state index >= 15 is 0 Å². The summed E-state index contributed by atoms with van der Waals surface area (Å²) in [4.78, 5) is 23.8. The molecule has 1 aromatic carbocycles. The average molecular weight is 307 g/mol. The van der Waals surface area contributed by atoms with Gasteiger partial charge in [0, 0.05) is 16.8 Å². The number of rotatable bonds is 4. The Labute approximate surface area is 127 Å². The molecule has 0 bridgehead atoms. The number of hydrogen-bond acceptors (Lipinski definition) is 3.